The molecule has 0 saturated carbocycles. The van der Waals surface area contributed by atoms with Gasteiger partial charge >= 0.3 is 6.18 Å². The lowest BCUT2D eigenvalue weighted by Gasteiger charge is -2.18. The van der Waals surface area contributed by atoms with E-state index in [1.54, 1.807) is 18.2 Å². The van der Waals surface area contributed by atoms with Gasteiger partial charge < -0.3 is 9.84 Å². The van der Waals surface area contributed by atoms with Crippen LogP contribution in [-0.2, 0) is 10.9 Å². The van der Waals surface area contributed by atoms with Gasteiger partial charge in [0.1, 0.15) is 6.23 Å². The van der Waals surface area contributed by atoms with Crippen molar-refractivity contribution >= 4 is 11.0 Å². The second kappa shape index (κ2) is 5.18. The Morgan fingerprint density at radius 3 is 2.68 bits per heavy atom. The Morgan fingerprint density at radius 1 is 1.37 bits per heavy atom. The van der Waals surface area contributed by atoms with Crippen LogP contribution in [0.15, 0.2) is 24.3 Å². The maximum atomic E-state index is 13.0. The molecule has 1 N–H and O–H groups in total. The van der Waals surface area contributed by atoms with E-state index in [4.69, 9.17) is 9.84 Å². The molecule has 0 saturated heterocycles. The van der Waals surface area contributed by atoms with E-state index in [0.717, 1.165) is 4.57 Å². The molecular weight excluding hydrogens is 261 g/mol. The number of nitrogens with zero attached hydrogens (tertiary/aromatic N) is 2. The average molecular weight is 274 g/mol. The lowest BCUT2D eigenvalue weighted by Crippen LogP contribution is -2.20. The van der Waals surface area contributed by atoms with E-state index in [-0.39, 0.29) is 18.7 Å². The van der Waals surface area contributed by atoms with Crippen molar-refractivity contribution in [3.8, 4) is 0 Å². The highest BCUT2D eigenvalue weighted by atomic mass is 19.4. The third kappa shape index (κ3) is 2.71. The van der Waals surface area contributed by atoms with Crippen LogP contribution in [-0.4, -0.2) is 27.9 Å². The number of alkyl halides is 3. The first kappa shape index (κ1) is 13.8. The predicted molar refractivity (Wildman–Crippen MR) is 62.5 cm³/mol. The van der Waals surface area contributed by atoms with Crippen molar-refractivity contribution < 1.29 is 23.0 Å². The number of aliphatic hydroxyl groups excluding tert-OH is 1. The third-order valence-corrected chi connectivity index (χ3v) is 2.66. The summed E-state index contributed by atoms with van der Waals surface area (Å²) in [6.07, 6.45) is -5.42. The van der Waals surface area contributed by atoms with Crippen molar-refractivity contribution in [1.82, 2.24) is 9.55 Å². The van der Waals surface area contributed by atoms with E-state index < -0.39 is 18.2 Å². The van der Waals surface area contributed by atoms with Gasteiger partial charge in [-0.2, -0.15) is 13.2 Å². The van der Waals surface area contributed by atoms with Crippen molar-refractivity contribution in [3.63, 3.8) is 0 Å². The lowest BCUT2D eigenvalue weighted by atomic mass is 10.3. The Kier molecular flexibility index (Phi) is 3.77. The van der Waals surface area contributed by atoms with Gasteiger partial charge in [0, 0.05) is 0 Å². The van der Waals surface area contributed by atoms with Gasteiger partial charge in [-0.05, 0) is 19.1 Å². The molecule has 0 fully saturated rings. The minimum Gasteiger partial charge on any atom is -0.394 e. The smallest absolute Gasteiger partial charge is 0.394 e. The minimum atomic E-state index is -4.56. The summed E-state index contributed by atoms with van der Waals surface area (Å²) in [5.41, 5.74) is 0.606. The van der Waals surface area contributed by atoms with Crippen LogP contribution in [0.25, 0.3) is 11.0 Å². The third-order valence-electron chi connectivity index (χ3n) is 2.66. The van der Waals surface area contributed by atoms with E-state index in [0.29, 0.717) is 5.52 Å². The fourth-order valence-electron chi connectivity index (χ4n) is 1.91. The number of aromatic nitrogens is 2. The summed E-state index contributed by atoms with van der Waals surface area (Å²) in [6, 6.07) is 6.33. The number of aliphatic hydroxyl groups is 1. The molecule has 104 valence electrons. The van der Waals surface area contributed by atoms with Gasteiger partial charge in [-0.1, -0.05) is 12.1 Å². The number of hydrogen-bond acceptors (Lipinski definition) is 3. The summed E-state index contributed by atoms with van der Waals surface area (Å²) in [5.74, 6) is -1.00. The zero-order valence-corrected chi connectivity index (χ0v) is 10.2. The van der Waals surface area contributed by atoms with Crippen LogP contribution in [0, 0.1) is 0 Å². The van der Waals surface area contributed by atoms with Crippen LogP contribution < -0.4 is 0 Å². The van der Waals surface area contributed by atoms with Gasteiger partial charge in [0.05, 0.1) is 24.2 Å². The van der Waals surface area contributed by atoms with Gasteiger partial charge in [-0.3, -0.25) is 4.57 Å². The van der Waals surface area contributed by atoms with Gasteiger partial charge in [0.25, 0.3) is 0 Å². The standard InChI is InChI=1S/C12H13F3N2O2/c1-8(19-7-6-18)17-10-5-3-2-4-9(10)16-11(17)12(13,14)15/h2-5,8,18H,6-7H2,1H3. The number of fused-ring (bicyclic) bond motifs is 1. The molecule has 0 aliphatic carbocycles. The lowest BCUT2D eigenvalue weighted by molar-refractivity contribution is -0.151. The zero-order chi connectivity index (χ0) is 14.0. The van der Waals surface area contributed by atoms with Crippen molar-refractivity contribution in [2.24, 2.45) is 0 Å². The average Bonchev–Trinajstić information content (AvgIpc) is 2.75. The fourth-order valence-corrected chi connectivity index (χ4v) is 1.91. The Morgan fingerprint density at radius 2 is 2.05 bits per heavy atom. The Balaban J connectivity index is 2.54. The summed E-state index contributed by atoms with van der Waals surface area (Å²) in [6.45, 7) is 1.20. The largest absolute Gasteiger partial charge is 0.449 e. The molecule has 1 unspecified atom stereocenters. The molecule has 0 amide bonds. The van der Waals surface area contributed by atoms with Crippen molar-refractivity contribution in [3.05, 3.63) is 30.1 Å². The summed E-state index contributed by atoms with van der Waals surface area (Å²) in [4.78, 5) is 3.61. The molecule has 0 aliphatic heterocycles. The molecule has 1 atom stereocenters. The molecule has 0 aliphatic rings. The fraction of sp³-hybridized carbons (Fsp3) is 0.417. The Hall–Kier alpha value is -1.60. The second-order valence-electron chi connectivity index (χ2n) is 3.99. The quantitative estimate of drug-likeness (QED) is 0.932. The van der Waals surface area contributed by atoms with Gasteiger partial charge in [-0.25, -0.2) is 4.98 Å². The van der Waals surface area contributed by atoms with E-state index in [9.17, 15) is 13.2 Å². The summed E-state index contributed by atoms with van der Waals surface area (Å²) in [5, 5.41) is 8.68. The first-order valence-corrected chi connectivity index (χ1v) is 5.71. The second-order valence-corrected chi connectivity index (χ2v) is 3.99. The van der Waals surface area contributed by atoms with Crippen LogP contribution in [0.1, 0.15) is 19.0 Å². The van der Waals surface area contributed by atoms with Crippen LogP contribution in [0.5, 0.6) is 0 Å². The molecule has 1 aromatic heterocycles. The number of hydrogen-bond donors (Lipinski definition) is 1. The Bertz CT molecular complexity index is 566. The molecule has 7 heteroatoms. The number of imidazole rings is 1. The van der Waals surface area contributed by atoms with Crippen LogP contribution >= 0.6 is 0 Å². The van der Waals surface area contributed by atoms with Crippen molar-refractivity contribution in [2.75, 3.05) is 13.2 Å². The number of halogens is 3. The molecule has 1 heterocycles. The molecule has 1 aromatic carbocycles. The monoisotopic (exact) mass is 274 g/mol. The molecule has 2 rings (SSSR count). The van der Waals surface area contributed by atoms with Crippen molar-refractivity contribution in [1.29, 1.82) is 0 Å². The molecular formula is C12H13F3N2O2. The number of benzene rings is 1. The normalized spacial score (nSPS) is 13.9. The van der Waals surface area contributed by atoms with Crippen LogP contribution in [0.4, 0.5) is 13.2 Å². The SMILES string of the molecule is CC(OCCO)n1c(C(F)(F)F)nc2ccccc21. The molecule has 0 spiro atoms. The maximum Gasteiger partial charge on any atom is 0.449 e. The summed E-state index contributed by atoms with van der Waals surface area (Å²) < 4.78 is 45.1. The van der Waals surface area contributed by atoms with Crippen LogP contribution in [0.2, 0.25) is 0 Å². The van der Waals surface area contributed by atoms with E-state index >= 15 is 0 Å². The Labute approximate surface area is 107 Å². The van der Waals surface area contributed by atoms with Gasteiger partial charge in [0.2, 0.25) is 5.82 Å². The summed E-state index contributed by atoms with van der Waals surface area (Å²) >= 11 is 0. The minimum absolute atomic E-state index is 0.0367. The van der Waals surface area contributed by atoms with Crippen LogP contribution in [0.3, 0.4) is 0 Å². The zero-order valence-electron chi connectivity index (χ0n) is 10.2. The highest BCUT2D eigenvalue weighted by molar-refractivity contribution is 5.76. The molecule has 4 nitrogen and oxygen atoms in total. The number of rotatable bonds is 4. The van der Waals surface area contributed by atoms with E-state index in [1.807, 2.05) is 0 Å². The highest BCUT2D eigenvalue weighted by Crippen LogP contribution is 2.33. The maximum absolute atomic E-state index is 13.0. The highest BCUT2D eigenvalue weighted by Gasteiger charge is 2.38. The molecule has 2 aromatic rings. The molecule has 0 bridgehead atoms. The predicted octanol–water partition coefficient (Wildman–Crippen LogP) is 2.58. The topological polar surface area (TPSA) is 47.3 Å². The van der Waals surface area contributed by atoms with E-state index in [1.165, 1.54) is 13.0 Å². The number of ether oxygens (including phenoxy) is 1. The van der Waals surface area contributed by atoms with Gasteiger partial charge in [0.15, 0.2) is 0 Å². The molecule has 0 radical (unpaired) electrons. The summed E-state index contributed by atoms with van der Waals surface area (Å²) in [7, 11) is 0. The first-order valence-electron chi connectivity index (χ1n) is 5.71. The number of para-hydroxylation sites is 2. The van der Waals surface area contributed by atoms with E-state index in [2.05, 4.69) is 4.98 Å². The molecule has 19 heavy (non-hydrogen) atoms. The van der Waals surface area contributed by atoms with Gasteiger partial charge in [-0.15, -0.1) is 0 Å². The van der Waals surface area contributed by atoms with Crippen molar-refractivity contribution in [2.45, 2.75) is 19.3 Å². The first-order chi connectivity index (χ1) is 8.95.